The Morgan fingerprint density at radius 1 is 1.17 bits per heavy atom. The highest BCUT2D eigenvalue weighted by molar-refractivity contribution is 6.08. The molecule has 1 aromatic carbocycles. The van der Waals surface area contributed by atoms with Crippen LogP contribution in [0.1, 0.15) is 50.9 Å². The van der Waals surface area contributed by atoms with E-state index in [-0.39, 0.29) is 5.91 Å². The Morgan fingerprint density at radius 2 is 1.80 bits per heavy atom. The molecule has 1 saturated heterocycles. The molecule has 1 aliphatic rings. The molecule has 0 spiro atoms. The van der Waals surface area contributed by atoms with Gasteiger partial charge in [0, 0.05) is 18.2 Å². The third-order valence-electron chi connectivity index (χ3n) is 4.75. The molecule has 9 heteroatoms. The number of anilines is 1. The minimum absolute atomic E-state index is 0.233. The number of amides is 4. The maximum Gasteiger partial charge on any atom is 0.326 e. The van der Waals surface area contributed by atoms with Crippen molar-refractivity contribution in [2.45, 2.75) is 46.1 Å². The number of carbonyl (C=O) groups excluding carboxylic acids is 5. The zero-order valence-corrected chi connectivity index (χ0v) is 17.6. The molecule has 0 bridgehead atoms. The van der Waals surface area contributed by atoms with Gasteiger partial charge < -0.3 is 15.4 Å². The lowest BCUT2D eigenvalue weighted by atomic mass is 9.92. The topological polar surface area (TPSA) is 122 Å². The van der Waals surface area contributed by atoms with Gasteiger partial charge in [-0.2, -0.15) is 0 Å². The first-order valence-electron chi connectivity index (χ1n) is 9.72. The van der Waals surface area contributed by atoms with Crippen molar-refractivity contribution in [1.29, 1.82) is 0 Å². The molecule has 0 radical (unpaired) electrons. The summed E-state index contributed by atoms with van der Waals surface area (Å²) in [4.78, 5) is 60.8. The molecule has 1 aromatic rings. The average Bonchev–Trinajstić information content (AvgIpc) is 2.88. The van der Waals surface area contributed by atoms with Gasteiger partial charge in [-0.05, 0) is 49.9 Å². The number of hydrogen-bond donors (Lipinski definition) is 2. The summed E-state index contributed by atoms with van der Waals surface area (Å²) in [7, 11) is 0. The Balaban J connectivity index is 1.88. The quantitative estimate of drug-likeness (QED) is 0.361. The van der Waals surface area contributed by atoms with E-state index in [4.69, 9.17) is 4.74 Å². The SMILES string of the molecule is CC(=O)Nc1ccc(C(=O)COC(=O)CN2C(=O)N[C@](C)(CCC(C)C)C2=O)cc1. The van der Waals surface area contributed by atoms with Gasteiger partial charge in [0.15, 0.2) is 12.4 Å². The number of ether oxygens (including phenoxy) is 1. The van der Waals surface area contributed by atoms with Crippen LogP contribution < -0.4 is 10.6 Å². The monoisotopic (exact) mass is 417 g/mol. The van der Waals surface area contributed by atoms with Crippen molar-refractivity contribution >= 4 is 35.3 Å². The van der Waals surface area contributed by atoms with Crippen LogP contribution in [0.5, 0.6) is 0 Å². The van der Waals surface area contributed by atoms with Crippen LogP contribution in [-0.4, -0.2) is 53.2 Å². The van der Waals surface area contributed by atoms with Gasteiger partial charge in [-0.3, -0.25) is 24.1 Å². The minimum Gasteiger partial charge on any atom is -0.456 e. The lowest BCUT2D eigenvalue weighted by molar-refractivity contribution is -0.146. The minimum atomic E-state index is -1.05. The van der Waals surface area contributed by atoms with Crippen LogP contribution >= 0.6 is 0 Å². The largest absolute Gasteiger partial charge is 0.456 e. The first-order chi connectivity index (χ1) is 14.0. The first kappa shape index (κ1) is 23.1. The van der Waals surface area contributed by atoms with Gasteiger partial charge in [0.25, 0.3) is 5.91 Å². The van der Waals surface area contributed by atoms with E-state index in [0.717, 1.165) is 11.3 Å². The van der Waals surface area contributed by atoms with Crippen molar-refractivity contribution in [3.63, 3.8) is 0 Å². The molecule has 0 aromatic heterocycles. The van der Waals surface area contributed by atoms with Crippen molar-refractivity contribution in [2.75, 3.05) is 18.5 Å². The summed E-state index contributed by atoms with van der Waals surface area (Å²) in [5.41, 5.74) is -0.212. The van der Waals surface area contributed by atoms with E-state index in [1.54, 1.807) is 19.1 Å². The number of hydrogen-bond acceptors (Lipinski definition) is 6. The lowest BCUT2D eigenvalue weighted by Gasteiger charge is -2.22. The van der Waals surface area contributed by atoms with E-state index >= 15 is 0 Å². The molecule has 1 atom stereocenters. The molecule has 162 valence electrons. The highest BCUT2D eigenvalue weighted by Gasteiger charge is 2.48. The van der Waals surface area contributed by atoms with Crippen molar-refractivity contribution in [3.8, 4) is 0 Å². The molecule has 0 saturated carbocycles. The number of nitrogens with zero attached hydrogens (tertiary/aromatic N) is 1. The van der Waals surface area contributed by atoms with Crippen LogP contribution in [0.2, 0.25) is 0 Å². The molecular weight excluding hydrogens is 390 g/mol. The molecule has 4 amide bonds. The van der Waals surface area contributed by atoms with E-state index in [0.29, 0.717) is 23.6 Å². The highest BCUT2D eigenvalue weighted by Crippen LogP contribution is 2.24. The third kappa shape index (κ3) is 5.88. The Kier molecular flexibility index (Phi) is 7.31. The number of Topliss-reactive ketones (excluding diaryl/α,β-unsaturated/α-hetero) is 1. The van der Waals surface area contributed by atoms with E-state index in [2.05, 4.69) is 10.6 Å². The number of urea groups is 1. The van der Waals surface area contributed by atoms with Crippen LogP contribution in [0, 0.1) is 5.92 Å². The van der Waals surface area contributed by atoms with E-state index in [1.807, 2.05) is 13.8 Å². The van der Waals surface area contributed by atoms with Crippen LogP contribution in [0.15, 0.2) is 24.3 Å². The van der Waals surface area contributed by atoms with Gasteiger partial charge >= 0.3 is 12.0 Å². The summed E-state index contributed by atoms with van der Waals surface area (Å²) >= 11 is 0. The summed E-state index contributed by atoms with van der Waals surface area (Å²) in [6, 6.07) is 5.46. The van der Waals surface area contributed by atoms with Crippen molar-refractivity contribution < 1.29 is 28.7 Å². The summed E-state index contributed by atoms with van der Waals surface area (Å²) in [5.74, 6) is -1.65. The highest BCUT2D eigenvalue weighted by atomic mass is 16.5. The molecule has 1 fully saturated rings. The van der Waals surface area contributed by atoms with E-state index < -0.39 is 42.4 Å². The Morgan fingerprint density at radius 3 is 2.37 bits per heavy atom. The van der Waals surface area contributed by atoms with Crippen molar-refractivity contribution in [2.24, 2.45) is 5.92 Å². The molecule has 2 rings (SSSR count). The van der Waals surface area contributed by atoms with Gasteiger partial charge in [0.2, 0.25) is 5.91 Å². The summed E-state index contributed by atoms with van der Waals surface area (Å²) in [6.07, 6.45) is 1.21. The fourth-order valence-corrected chi connectivity index (χ4v) is 2.98. The van der Waals surface area contributed by atoms with Gasteiger partial charge in [-0.1, -0.05) is 13.8 Å². The maximum atomic E-state index is 12.6. The van der Waals surface area contributed by atoms with Gasteiger partial charge in [-0.25, -0.2) is 4.79 Å². The van der Waals surface area contributed by atoms with Gasteiger partial charge in [0.05, 0.1) is 0 Å². The van der Waals surface area contributed by atoms with Gasteiger partial charge in [0.1, 0.15) is 12.1 Å². The number of ketones is 1. The van der Waals surface area contributed by atoms with Crippen LogP contribution in [0.3, 0.4) is 0 Å². The second-order valence-corrected chi connectivity index (χ2v) is 7.93. The molecule has 2 N–H and O–H groups in total. The Hall–Kier alpha value is -3.23. The number of imide groups is 1. The lowest BCUT2D eigenvalue weighted by Crippen LogP contribution is -2.44. The number of benzene rings is 1. The summed E-state index contributed by atoms with van der Waals surface area (Å²) in [6.45, 7) is 5.96. The zero-order chi connectivity index (χ0) is 22.5. The van der Waals surface area contributed by atoms with Crippen molar-refractivity contribution in [1.82, 2.24) is 10.2 Å². The van der Waals surface area contributed by atoms with E-state index in [1.165, 1.54) is 19.1 Å². The first-order valence-corrected chi connectivity index (χ1v) is 9.72. The number of carbonyl (C=O) groups is 5. The number of rotatable bonds is 9. The molecule has 0 unspecified atom stereocenters. The number of esters is 1. The third-order valence-corrected chi connectivity index (χ3v) is 4.75. The summed E-state index contributed by atoms with van der Waals surface area (Å²) < 4.78 is 4.95. The number of nitrogens with one attached hydrogen (secondary N) is 2. The molecular formula is C21H27N3O6. The van der Waals surface area contributed by atoms with E-state index in [9.17, 15) is 24.0 Å². The molecule has 9 nitrogen and oxygen atoms in total. The standard InChI is InChI=1S/C21H27N3O6/c1-13(2)9-10-21(4)19(28)24(20(29)23-21)11-18(27)30-12-17(26)15-5-7-16(8-6-15)22-14(3)25/h5-8,13H,9-12H2,1-4H3,(H,22,25)(H,23,29)/t21-/m1/s1. The average molecular weight is 417 g/mol. The van der Waals surface area contributed by atoms with Gasteiger partial charge in [-0.15, -0.1) is 0 Å². The fraction of sp³-hybridized carbons (Fsp3) is 0.476. The second-order valence-electron chi connectivity index (χ2n) is 7.93. The Labute approximate surface area is 175 Å². The van der Waals surface area contributed by atoms with Crippen molar-refractivity contribution in [3.05, 3.63) is 29.8 Å². The fourth-order valence-electron chi connectivity index (χ4n) is 2.98. The predicted molar refractivity (Wildman–Crippen MR) is 109 cm³/mol. The molecule has 0 aliphatic carbocycles. The smallest absolute Gasteiger partial charge is 0.326 e. The predicted octanol–water partition coefficient (Wildman–Crippen LogP) is 2.12. The maximum absolute atomic E-state index is 12.6. The van der Waals surface area contributed by atoms with Crippen LogP contribution in [0.25, 0.3) is 0 Å². The molecule has 30 heavy (non-hydrogen) atoms. The summed E-state index contributed by atoms with van der Waals surface area (Å²) in [5, 5.41) is 5.21. The Bertz CT molecular complexity index is 849. The van der Waals surface area contributed by atoms with Crippen LogP contribution in [-0.2, 0) is 19.1 Å². The van der Waals surface area contributed by atoms with Crippen LogP contribution in [0.4, 0.5) is 10.5 Å². The molecule has 1 aliphatic heterocycles. The molecule has 1 heterocycles. The second kappa shape index (κ2) is 9.51. The zero-order valence-electron chi connectivity index (χ0n) is 17.6. The normalized spacial score (nSPS) is 18.4.